The van der Waals surface area contributed by atoms with Crippen molar-refractivity contribution in [3.05, 3.63) is 34.6 Å². The fourth-order valence-corrected chi connectivity index (χ4v) is 6.27. The number of carbonyl (C=O) groups is 2. The van der Waals surface area contributed by atoms with E-state index in [1.54, 1.807) is 11.0 Å². The first-order chi connectivity index (χ1) is 18.5. The molecule has 39 heavy (non-hydrogen) atoms. The first kappa shape index (κ1) is 31.4. The number of piperidine rings is 1. The standard InChI is InChI=1S/C28H43ClF2N4O4/c1-32-17-22(16-19-9-11-21(30)12-10-19)33-26(36)35-15-4-6-20(18-35)28(39,13-5-14-34(2)27(37)38)23-7-3-8-24(29)25(23)31/h3,7-8,19-22,32,39H,4-6,9-18H2,1-2H3,(H,33,36)(H,37,38)/t19-,20-,21-,22+,28+/m1/s1. The van der Waals surface area contributed by atoms with Crippen molar-refractivity contribution in [1.82, 2.24) is 20.4 Å². The van der Waals surface area contributed by atoms with Crippen LogP contribution in [0.1, 0.15) is 63.4 Å². The number of hydrogen-bond acceptors (Lipinski definition) is 4. The van der Waals surface area contributed by atoms with Crippen LogP contribution in [-0.2, 0) is 5.60 Å². The number of halogens is 3. The van der Waals surface area contributed by atoms with E-state index in [4.69, 9.17) is 11.6 Å². The Kier molecular flexibility index (Phi) is 11.6. The minimum absolute atomic E-state index is 0.0664. The van der Waals surface area contributed by atoms with Crippen molar-refractivity contribution >= 4 is 23.7 Å². The summed E-state index contributed by atoms with van der Waals surface area (Å²) in [6, 6.07) is 4.16. The predicted octanol–water partition coefficient (Wildman–Crippen LogP) is 4.98. The zero-order chi connectivity index (χ0) is 28.6. The van der Waals surface area contributed by atoms with Gasteiger partial charge < -0.3 is 30.6 Å². The number of likely N-dealkylation sites (tertiary alicyclic amines) is 1. The van der Waals surface area contributed by atoms with Crippen LogP contribution in [-0.4, -0.2) is 84.6 Å². The van der Waals surface area contributed by atoms with Gasteiger partial charge in [-0.2, -0.15) is 0 Å². The van der Waals surface area contributed by atoms with Crippen LogP contribution in [0.4, 0.5) is 18.4 Å². The highest BCUT2D eigenvalue weighted by Crippen LogP contribution is 2.41. The second kappa shape index (κ2) is 14.5. The molecule has 0 bridgehead atoms. The third-order valence-corrected chi connectivity index (χ3v) is 8.64. The molecule has 1 saturated heterocycles. The molecular formula is C28H43ClF2N4O4. The average Bonchev–Trinajstić information content (AvgIpc) is 2.91. The number of benzene rings is 1. The maximum Gasteiger partial charge on any atom is 0.407 e. The molecule has 0 unspecified atom stereocenters. The molecule has 2 aliphatic rings. The molecule has 3 amide bonds. The first-order valence-electron chi connectivity index (χ1n) is 14.0. The molecule has 220 valence electrons. The van der Waals surface area contributed by atoms with Gasteiger partial charge in [0.25, 0.3) is 0 Å². The molecule has 11 heteroatoms. The van der Waals surface area contributed by atoms with Crippen LogP contribution in [0.3, 0.4) is 0 Å². The Morgan fingerprint density at radius 3 is 2.64 bits per heavy atom. The van der Waals surface area contributed by atoms with Crippen molar-refractivity contribution in [3.63, 3.8) is 0 Å². The summed E-state index contributed by atoms with van der Waals surface area (Å²) in [6.07, 6.45) is 3.36. The van der Waals surface area contributed by atoms with E-state index in [0.29, 0.717) is 51.1 Å². The number of carboxylic acid groups (broad SMARTS) is 1. The number of amides is 3. The van der Waals surface area contributed by atoms with Crippen LogP contribution in [0.25, 0.3) is 0 Å². The lowest BCUT2D eigenvalue weighted by Crippen LogP contribution is -2.54. The fraction of sp³-hybridized carbons (Fsp3) is 0.714. The number of nitrogens with one attached hydrogen (secondary N) is 2. The van der Waals surface area contributed by atoms with Crippen molar-refractivity contribution in [1.29, 1.82) is 0 Å². The summed E-state index contributed by atoms with van der Waals surface area (Å²) < 4.78 is 28.8. The van der Waals surface area contributed by atoms with Crippen molar-refractivity contribution in [2.45, 2.75) is 75.6 Å². The highest BCUT2D eigenvalue weighted by Gasteiger charge is 2.43. The van der Waals surface area contributed by atoms with Gasteiger partial charge in [-0.3, -0.25) is 0 Å². The van der Waals surface area contributed by atoms with Gasteiger partial charge in [0, 0.05) is 50.7 Å². The number of likely N-dealkylation sites (N-methyl/N-ethyl adjacent to an activating group) is 1. The van der Waals surface area contributed by atoms with E-state index in [2.05, 4.69) is 10.6 Å². The van der Waals surface area contributed by atoms with E-state index in [9.17, 15) is 24.2 Å². The highest BCUT2D eigenvalue weighted by molar-refractivity contribution is 6.30. The summed E-state index contributed by atoms with van der Waals surface area (Å²) in [5, 5.41) is 27.4. The molecule has 8 nitrogen and oxygen atoms in total. The normalized spacial score (nSPS) is 24.1. The Morgan fingerprint density at radius 1 is 1.26 bits per heavy atom. The van der Waals surface area contributed by atoms with Gasteiger partial charge in [0.05, 0.1) is 10.6 Å². The van der Waals surface area contributed by atoms with E-state index in [0.717, 1.165) is 24.2 Å². The van der Waals surface area contributed by atoms with Crippen molar-refractivity contribution in [3.8, 4) is 0 Å². The topological polar surface area (TPSA) is 105 Å². The van der Waals surface area contributed by atoms with Crippen LogP contribution in [0, 0.1) is 17.7 Å². The minimum atomic E-state index is -1.64. The maximum atomic E-state index is 15.2. The van der Waals surface area contributed by atoms with Gasteiger partial charge in [-0.1, -0.05) is 23.7 Å². The molecule has 1 aromatic carbocycles. The summed E-state index contributed by atoms with van der Waals surface area (Å²) in [4.78, 5) is 27.4. The molecule has 3 atom stereocenters. The molecule has 1 heterocycles. The maximum absolute atomic E-state index is 15.2. The molecule has 1 saturated carbocycles. The number of alkyl halides is 1. The molecule has 2 fully saturated rings. The summed E-state index contributed by atoms with van der Waals surface area (Å²) in [7, 11) is 3.27. The quantitative estimate of drug-likeness (QED) is 0.299. The molecule has 1 aliphatic carbocycles. The number of nitrogens with zero attached hydrogens (tertiary/aromatic N) is 2. The molecule has 1 aliphatic heterocycles. The van der Waals surface area contributed by atoms with Gasteiger partial charge in [0.2, 0.25) is 0 Å². The van der Waals surface area contributed by atoms with Gasteiger partial charge >= 0.3 is 12.1 Å². The summed E-state index contributed by atoms with van der Waals surface area (Å²) in [6.45, 7) is 1.50. The van der Waals surface area contributed by atoms with Gasteiger partial charge in [-0.05, 0) is 76.8 Å². The average molecular weight is 573 g/mol. The Hall–Kier alpha value is -2.17. The number of hydrogen-bond donors (Lipinski definition) is 4. The molecule has 1 aromatic rings. The van der Waals surface area contributed by atoms with Crippen LogP contribution in [0.5, 0.6) is 0 Å². The number of rotatable bonds is 11. The number of carbonyl (C=O) groups excluding carboxylic acids is 1. The summed E-state index contributed by atoms with van der Waals surface area (Å²) >= 11 is 6.07. The molecule has 4 N–H and O–H groups in total. The predicted molar refractivity (Wildman–Crippen MR) is 147 cm³/mol. The molecule has 0 spiro atoms. The second-order valence-corrected chi connectivity index (χ2v) is 11.6. The monoisotopic (exact) mass is 572 g/mol. The molecule has 3 rings (SSSR count). The summed E-state index contributed by atoms with van der Waals surface area (Å²) in [5.74, 6) is -0.806. The Labute approximate surface area is 235 Å². The first-order valence-corrected chi connectivity index (χ1v) is 14.4. The van der Waals surface area contributed by atoms with Gasteiger partial charge in [0.1, 0.15) is 12.0 Å². The van der Waals surface area contributed by atoms with E-state index in [1.165, 1.54) is 19.2 Å². The van der Waals surface area contributed by atoms with Crippen LogP contribution in [0.15, 0.2) is 18.2 Å². The lowest BCUT2D eigenvalue weighted by Gasteiger charge is -2.43. The number of urea groups is 1. The van der Waals surface area contributed by atoms with Crippen LogP contribution in [0.2, 0.25) is 5.02 Å². The number of aliphatic hydroxyl groups is 1. The van der Waals surface area contributed by atoms with Crippen LogP contribution >= 0.6 is 11.6 Å². The molecule has 0 radical (unpaired) electrons. The third-order valence-electron chi connectivity index (χ3n) is 8.35. The second-order valence-electron chi connectivity index (χ2n) is 11.2. The fourth-order valence-electron chi connectivity index (χ4n) is 6.10. The highest BCUT2D eigenvalue weighted by atomic mass is 35.5. The van der Waals surface area contributed by atoms with Gasteiger partial charge in [-0.25, -0.2) is 18.4 Å². The summed E-state index contributed by atoms with van der Waals surface area (Å²) in [5.41, 5.74) is -1.57. The lowest BCUT2D eigenvalue weighted by atomic mass is 9.74. The minimum Gasteiger partial charge on any atom is -0.465 e. The van der Waals surface area contributed by atoms with Crippen molar-refractivity contribution in [2.75, 3.05) is 40.3 Å². The smallest absolute Gasteiger partial charge is 0.407 e. The zero-order valence-corrected chi connectivity index (χ0v) is 23.7. The van der Waals surface area contributed by atoms with Crippen molar-refractivity contribution in [2.24, 2.45) is 11.8 Å². The third kappa shape index (κ3) is 8.41. The Bertz CT molecular complexity index is 965. The van der Waals surface area contributed by atoms with E-state index < -0.39 is 29.6 Å². The largest absolute Gasteiger partial charge is 0.465 e. The Balaban J connectivity index is 1.73. The van der Waals surface area contributed by atoms with Gasteiger partial charge in [-0.15, -0.1) is 0 Å². The Morgan fingerprint density at radius 2 is 1.97 bits per heavy atom. The van der Waals surface area contributed by atoms with E-state index in [-0.39, 0.29) is 42.2 Å². The van der Waals surface area contributed by atoms with Crippen LogP contribution < -0.4 is 10.6 Å². The van der Waals surface area contributed by atoms with E-state index >= 15 is 4.39 Å². The molecular weight excluding hydrogens is 530 g/mol. The van der Waals surface area contributed by atoms with E-state index in [1.807, 2.05) is 7.05 Å². The zero-order valence-electron chi connectivity index (χ0n) is 23.0. The van der Waals surface area contributed by atoms with Crippen molar-refractivity contribution < 1.29 is 28.6 Å². The molecule has 0 aromatic heterocycles. The lowest BCUT2D eigenvalue weighted by molar-refractivity contribution is -0.0586. The SMILES string of the molecule is CNC[C@H](C[C@H]1CC[C@H](F)CC1)NC(=O)N1CCC[C@@H]([C@@](O)(CCCN(C)C(=O)O)c2cccc(Cl)c2F)C1. The van der Waals surface area contributed by atoms with Gasteiger partial charge in [0.15, 0.2) is 0 Å².